The Kier molecular flexibility index (Phi) is 5.92. The number of hydrogen-bond donors (Lipinski definition) is 1. The Morgan fingerprint density at radius 3 is 2.71 bits per heavy atom. The van der Waals surface area contributed by atoms with Crippen LogP contribution in [0, 0.1) is 11.8 Å². The Hall–Kier alpha value is -0.610. The van der Waals surface area contributed by atoms with Crippen LogP contribution < -0.4 is 5.32 Å². The molecule has 1 rings (SSSR count). The number of methoxy groups -OCH3 is 1. The van der Waals surface area contributed by atoms with Gasteiger partial charge in [-0.25, -0.2) is 0 Å². The minimum atomic E-state index is -0.135. The van der Waals surface area contributed by atoms with Gasteiger partial charge >= 0.3 is 5.97 Å². The summed E-state index contributed by atoms with van der Waals surface area (Å²) in [7, 11) is 1.45. The molecule has 0 amide bonds. The van der Waals surface area contributed by atoms with Crippen LogP contribution in [0.15, 0.2) is 0 Å². The fourth-order valence-electron chi connectivity index (χ4n) is 2.53. The summed E-state index contributed by atoms with van der Waals surface area (Å²) in [5, 5.41) is 3.50. The molecule has 1 N–H and O–H groups in total. The van der Waals surface area contributed by atoms with Crippen molar-refractivity contribution in [2.75, 3.05) is 33.3 Å². The first kappa shape index (κ1) is 14.5. The van der Waals surface area contributed by atoms with Gasteiger partial charge in [0.2, 0.25) is 0 Å². The molecule has 1 heterocycles. The molecule has 1 fully saturated rings. The van der Waals surface area contributed by atoms with Crippen molar-refractivity contribution in [3.8, 4) is 0 Å². The minimum Gasteiger partial charge on any atom is -0.468 e. The zero-order valence-corrected chi connectivity index (χ0v) is 11.5. The average Bonchev–Trinajstić information content (AvgIpc) is 2.29. The third-order valence-corrected chi connectivity index (χ3v) is 3.57. The fraction of sp³-hybridized carbons (Fsp3) is 0.923. The molecule has 1 aliphatic rings. The van der Waals surface area contributed by atoms with Crippen molar-refractivity contribution >= 4 is 5.97 Å². The van der Waals surface area contributed by atoms with Crippen molar-refractivity contribution in [3.63, 3.8) is 0 Å². The summed E-state index contributed by atoms with van der Waals surface area (Å²) in [5.41, 5.74) is 0. The molecule has 4 heteroatoms. The van der Waals surface area contributed by atoms with Crippen LogP contribution in [0.1, 0.15) is 27.2 Å². The number of nitrogens with zero attached hydrogens (tertiary/aromatic N) is 1. The summed E-state index contributed by atoms with van der Waals surface area (Å²) in [6.45, 7) is 10.0. The van der Waals surface area contributed by atoms with Gasteiger partial charge in [-0.05, 0) is 24.8 Å². The lowest BCUT2D eigenvalue weighted by Gasteiger charge is -2.39. The van der Waals surface area contributed by atoms with E-state index < -0.39 is 0 Å². The van der Waals surface area contributed by atoms with E-state index in [4.69, 9.17) is 4.74 Å². The van der Waals surface area contributed by atoms with E-state index in [1.807, 2.05) is 0 Å². The fourth-order valence-corrected chi connectivity index (χ4v) is 2.53. The van der Waals surface area contributed by atoms with Crippen molar-refractivity contribution in [2.45, 2.75) is 33.2 Å². The number of hydrogen-bond acceptors (Lipinski definition) is 4. The maximum Gasteiger partial charge on any atom is 0.319 e. The highest BCUT2D eigenvalue weighted by Gasteiger charge is 2.29. The summed E-state index contributed by atoms with van der Waals surface area (Å²) in [5.74, 6) is 1.19. The van der Waals surface area contributed by atoms with Gasteiger partial charge in [0, 0.05) is 19.1 Å². The van der Waals surface area contributed by atoms with E-state index in [9.17, 15) is 4.79 Å². The van der Waals surface area contributed by atoms with Gasteiger partial charge in [-0.3, -0.25) is 9.69 Å². The number of esters is 1. The molecule has 0 bridgehead atoms. The molecule has 4 nitrogen and oxygen atoms in total. The van der Waals surface area contributed by atoms with Crippen molar-refractivity contribution < 1.29 is 9.53 Å². The number of likely N-dealkylation sites (N-methyl/N-ethyl adjacent to an activating group) is 1. The summed E-state index contributed by atoms with van der Waals surface area (Å²) >= 11 is 0. The largest absolute Gasteiger partial charge is 0.468 e. The van der Waals surface area contributed by atoms with Gasteiger partial charge in [-0.2, -0.15) is 0 Å². The van der Waals surface area contributed by atoms with E-state index in [0.717, 1.165) is 19.6 Å². The summed E-state index contributed by atoms with van der Waals surface area (Å²) in [6, 6.07) is 0.505. The third-order valence-electron chi connectivity index (χ3n) is 3.57. The molecule has 0 aromatic heterocycles. The van der Waals surface area contributed by atoms with E-state index in [0.29, 0.717) is 24.4 Å². The Balaban J connectivity index is 2.55. The molecule has 0 spiro atoms. The molecule has 0 saturated carbocycles. The predicted octanol–water partition coefficient (Wildman–Crippen LogP) is 1.12. The maximum atomic E-state index is 11.3. The zero-order chi connectivity index (χ0) is 12.8. The normalized spacial score (nSPS) is 26.2. The van der Waals surface area contributed by atoms with Gasteiger partial charge in [-0.15, -0.1) is 0 Å². The lowest BCUT2D eigenvalue weighted by atomic mass is 9.85. The molecule has 2 unspecified atom stereocenters. The Labute approximate surface area is 105 Å². The zero-order valence-electron chi connectivity index (χ0n) is 11.5. The van der Waals surface area contributed by atoms with Crippen molar-refractivity contribution in [1.29, 1.82) is 0 Å². The van der Waals surface area contributed by atoms with Gasteiger partial charge < -0.3 is 10.1 Å². The molecule has 0 aliphatic carbocycles. The van der Waals surface area contributed by atoms with Crippen molar-refractivity contribution in [1.82, 2.24) is 10.2 Å². The number of rotatable bonds is 5. The topological polar surface area (TPSA) is 41.6 Å². The van der Waals surface area contributed by atoms with E-state index in [1.165, 1.54) is 13.5 Å². The predicted molar refractivity (Wildman–Crippen MR) is 68.9 cm³/mol. The summed E-state index contributed by atoms with van der Waals surface area (Å²) in [6.07, 6.45) is 1.21. The lowest BCUT2D eigenvalue weighted by molar-refractivity contribution is -0.142. The van der Waals surface area contributed by atoms with Gasteiger partial charge in [0.1, 0.15) is 0 Å². The molecule has 1 saturated heterocycles. The Morgan fingerprint density at radius 1 is 1.47 bits per heavy atom. The van der Waals surface area contributed by atoms with Crippen LogP contribution in [-0.2, 0) is 9.53 Å². The second-order valence-electron chi connectivity index (χ2n) is 5.26. The van der Waals surface area contributed by atoms with Crippen LogP contribution in [-0.4, -0.2) is 50.2 Å². The summed E-state index contributed by atoms with van der Waals surface area (Å²) < 4.78 is 4.74. The standard InChI is InChI=1S/C13H26N2O2/c1-5-14-12-6-11(10(2)3)7-15(8-12)9-13(16)17-4/h10-12,14H,5-9H2,1-4H3. The highest BCUT2D eigenvalue weighted by molar-refractivity contribution is 5.71. The number of carbonyl (C=O) groups is 1. The van der Waals surface area contributed by atoms with Crippen LogP contribution in [0.25, 0.3) is 0 Å². The van der Waals surface area contributed by atoms with E-state index in [2.05, 4.69) is 31.0 Å². The number of likely N-dealkylation sites (tertiary alicyclic amines) is 1. The summed E-state index contributed by atoms with van der Waals surface area (Å²) in [4.78, 5) is 13.6. The van der Waals surface area contributed by atoms with Crippen LogP contribution in [0.3, 0.4) is 0 Å². The number of carbonyl (C=O) groups excluding carboxylic acids is 1. The number of piperidine rings is 1. The van der Waals surface area contributed by atoms with E-state index in [-0.39, 0.29) is 5.97 Å². The molecule has 100 valence electrons. The van der Waals surface area contributed by atoms with Crippen LogP contribution >= 0.6 is 0 Å². The second kappa shape index (κ2) is 6.97. The first-order chi connectivity index (χ1) is 8.06. The van der Waals surface area contributed by atoms with Crippen molar-refractivity contribution in [3.05, 3.63) is 0 Å². The molecule has 0 aromatic rings. The number of ether oxygens (including phenoxy) is 1. The monoisotopic (exact) mass is 242 g/mol. The molecule has 0 aromatic carbocycles. The molecule has 2 atom stereocenters. The second-order valence-corrected chi connectivity index (χ2v) is 5.26. The first-order valence-corrected chi connectivity index (χ1v) is 6.59. The molecular weight excluding hydrogens is 216 g/mol. The van der Waals surface area contributed by atoms with Crippen LogP contribution in [0.2, 0.25) is 0 Å². The third kappa shape index (κ3) is 4.64. The Morgan fingerprint density at radius 2 is 2.18 bits per heavy atom. The van der Waals surface area contributed by atoms with Crippen molar-refractivity contribution in [2.24, 2.45) is 11.8 Å². The van der Waals surface area contributed by atoms with Gasteiger partial charge in [0.25, 0.3) is 0 Å². The van der Waals surface area contributed by atoms with Crippen LogP contribution in [0.4, 0.5) is 0 Å². The SMILES string of the molecule is CCNC1CC(C(C)C)CN(CC(=O)OC)C1. The average molecular weight is 242 g/mol. The maximum absolute atomic E-state index is 11.3. The highest BCUT2D eigenvalue weighted by atomic mass is 16.5. The van der Waals surface area contributed by atoms with E-state index in [1.54, 1.807) is 0 Å². The Bertz CT molecular complexity index is 244. The first-order valence-electron chi connectivity index (χ1n) is 6.59. The molecular formula is C13H26N2O2. The molecule has 17 heavy (non-hydrogen) atoms. The van der Waals surface area contributed by atoms with Crippen LogP contribution in [0.5, 0.6) is 0 Å². The quantitative estimate of drug-likeness (QED) is 0.734. The van der Waals surface area contributed by atoms with Gasteiger partial charge in [-0.1, -0.05) is 20.8 Å². The minimum absolute atomic E-state index is 0.135. The molecule has 1 aliphatic heterocycles. The smallest absolute Gasteiger partial charge is 0.319 e. The lowest BCUT2D eigenvalue weighted by Crippen LogP contribution is -2.51. The van der Waals surface area contributed by atoms with E-state index >= 15 is 0 Å². The number of nitrogens with one attached hydrogen (secondary N) is 1. The van der Waals surface area contributed by atoms with Gasteiger partial charge in [0.05, 0.1) is 13.7 Å². The van der Waals surface area contributed by atoms with Gasteiger partial charge in [0.15, 0.2) is 0 Å². The highest BCUT2D eigenvalue weighted by Crippen LogP contribution is 2.23. The molecule has 0 radical (unpaired) electrons.